The Morgan fingerprint density at radius 3 is 2.59 bits per heavy atom. The molecular weight excluding hydrogens is 268 g/mol. The van der Waals surface area contributed by atoms with Gasteiger partial charge in [0, 0.05) is 28.3 Å². The number of pyridine rings is 1. The first-order valence-corrected chi connectivity index (χ1v) is 6.69. The van der Waals surface area contributed by atoms with E-state index in [1.807, 2.05) is 0 Å². The third-order valence-electron chi connectivity index (χ3n) is 2.17. The van der Waals surface area contributed by atoms with Crippen LogP contribution in [0.5, 0.6) is 0 Å². The number of aromatic nitrogens is 1. The maximum atomic E-state index is 11.3. The normalized spacial score (nSPS) is 11.6. The summed E-state index contributed by atoms with van der Waals surface area (Å²) in [6, 6.07) is 5.26. The predicted molar refractivity (Wildman–Crippen MR) is 61.4 cm³/mol. The maximum absolute atomic E-state index is 11.3. The molecule has 8 heteroatoms. The van der Waals surface area contributed by atoms with Gasteiger partial charge in [-0.1, -0.05) is 12.1 Å². The Labute approximate surface area is 100 Å². The number of para-hydroxylation sites is 1. The molecule has 0 fully saturated rings. The van der Waals surface area contributed by atoms with Crippen molar-refractivity contribution in [2.75, 3.05) is 0 Å². The lowest BCUT2D eigenvalue weighted by atomic mass is 10.2. The first kappa shape index (κ1) is 11.7. The lowest BCUT2D eigenvalue weighted by Crippen LogP contribution is -1.96. The highest BCUT2D eigenvalue weighted by Gasteiger charge is 2.19. The number of fused-ring (bicyclic) bond motifs is 1. The summed E-state index contributed by atoms with van der Waals surface area (Å²) in [6.45, 7) is 0. The summed E-state index contributed by atoms with van der Waals surface area (Å²) in [6.07, 6.45) is 1.17. The van der Waals surface area contributed by atoms with Crippen molar-refractivity contribution in [1.29, 1.82) is 0 Å². The number of rotatable bonds is 2. The van der Waals surface area contributed by atoms with Crippen LogP contribution in [0.4, 0.5) is 5.69 Å². The Hall–Kier alpha value is -1.73. The topological polar surface area (TPSA) is 90.2 Å². The number of nitro groups is 1. The third kappa shape index (κ3) is 2.06. The second-order valence-electron chi connectivity index (χ2n) is 3.18. The van der Waals surface area contributed by atoms with Crippen molar-refractivity contribution in [3.8, 4) is 0 Å². The molecule has 2 aromatic rings. The molecule has 0 amide bonds. The van der Waals surface area contributed by atoms with Gasteiger partial charge in [0.15, 0.2) is 0 Å². The summed E-state index contributed by atoms with van der Waals surface area (Å²) >= 11 is 0. The molecule has 0 aliphatic carbocycles. The minimum absolute atomic E-state index is 0.000718. The van der Waals surface area contributed by atoms with E-state index in [1.165, 1.54) is 30.5 Å². The molecule has 0 bridgehead atoms. The number of nitrogens with zero attached hydrogens (tertiary/aromatic N) is 2. The fourth-order valence-electron chi connectivity index (χ4n) is 1.50. The Kier molecular flexibility index (Phi) is 2.72. The van der Waals surface area contributed by atoms with Crippen molar-refractivity contribution in [2.45, 2.75) is 4.90 Å². The molecule has 1 aromatic carbocycles. The van der Waals surface area contributed by atoms with Gasteiger partial charge >= 0.3 is 0 Å². The first-order valence-electron chi connectivity index (χ1n) is 4.38. The zero-order valence-corrected chi connectivity index (χ0v) is 9.77. The lowest BCUT2D eigenvalue weighted by Gasteiger charge is -2.02. The summed E-state index contributed by atoms with van der Waals surface area (Å²) in [7, 11) is 1.28. The average Bonchev–Trinajstić information content (AvgIpc) is 2.26. The quantitative estimate of drug-likeness (QED) is 0.474. The summed E-state index contributed by atoms with van der Waals surface area (Å²) in [4.78, 5) is 13.8. The van der Waals surface area contributed by atoms with Crippen LogP contribution in [0, 0.1) is 10.1 Å². The van der Waals surface area contributed by atoms with E-state index in [1.54, 1.807) is 0 Å². The molecule has 0 atom stereocenters. The second kappa shape index (κ2) is 3.94. The molecule has 0 N–H and O–H groups in total. The smallest absolute Gasteiger partial charge is 0.258 e. The minimum atomic E-state index is -3.96. The monoisotopic (exact) mass is 272 g/mol. The van der Waals surface area contributed by atoms with E-state index in [-0.39, 0.29) is 21.5 Å². The number of halogens is 1. The Morgan fingerprint density at radius 1 is 1.29 bits per heavy atom. The van der Waals surface area contributed by atoms with Gasteiger partial charge in [-0.2, -0.15) is 0 Å². The number of non-ortho nitro benzene ring substituents is 1. The molecule has 0 saturated carbocycles. The van der Waals surface area contributed by atoms with E-state index in [4.69, 9.17) is 10.7 Å². The highest BCUT2D eigenvalue weighted by molar-refractivity contribution is 8.14. The van der Waals surface area contributed by atoms with E-state index in [2.05, 4.69) is 4.98 Å². The number of hydrogen-bond acceptors (Lipinski definition) is 5. The Morgan fingerprint density at radius 2 is 2.00 bits per heavy atom. The number of hydrogen-bond donors (Lipinski definition) is 0. The average molecular weight is 273 g/mol. The highest BCUT2D eigenvalue weighted by Crippen LogP contribution is 2.29. The molecule has 0 unspecified atom stereocenters. The van der Waals surface area contributed by atoms with Crippen LogP contribution in [0.1, 0.15) is 0 Å². The van der Waals surface area contributed by atoms with Crippen LogP contribution < -0.4 is 0 Å². The van der Waals surface area contributed by atoms with Crippen LogP contribution in [0.3, 0.4) is 0 Å². The molecule has 0 spiro atoms. The van der Waals surface area contributed by atoms with Crippen LogP contribution in [0.15, 0.2) is 35.4 Å². The van der Waals surface area contributed by atoms with Gasteiger partial charge in [0.05, 0.1) is 9.82 Å². The van der Waals surface area contributed by atoms with E-state index in [0.29, 0.717) is 0 Å². The van der Waals surface area contributed by atoms with Gasteiger partial charge in [-0.15, -0.1) is 0 Å². The fraction of sp³-hybridized carbons (Fsp3) is 0. The van der Waals surface area contributed by atoms with E-state index < -0.39 is 14.0 Å². The molecule has 6 nitrogen and oxygen atoms in total. The van der Waals surface area contributed by atoms with Crippen molar-refractivity contribution in [1.82, 2.24) is 4.98 Å². The fourth-order valence-corrected chi connectivity index (χ4v) is 2.55. The largest absolute Gasteiger partial charge is 0.295 e. The molecule has 0 saturated heterocycles. The van der Waals surface area contributed by atoms with Gasteiger partial charge < -0.3 is 0 Å². The predicted octanol–water partition coefficient (Wildman–Crippen LogP) is 2.07. The lowest BCUT2D eigenvalue weighted by molar-refractivity contribution is -0.383. The Balaban J connectivity index is 2.94. The standard InChI is InChI=1S/C9H5ClN2O4S/c10-17(15,16)8-4-5-11-9-6(8)2-1-3-7(9)12(13)14/h1-5H. The van der Waals surface area contributed by atoms with E-state index >= 15 is 0 Å². The van der Waals surface area contributed by atoms with Crippen molar-refractivity contribution < 1.29 is 13.3 Å². The summed E-state index contributed by atoms with van der Waals surface area (Å²) < 4.78 is 22.6. The van der Waals surface area contributed by atoms with Crippen LogP contribution in [0.2, 0.25) is 0 Å². The SMILES string of the molecule is O=[N+]([O-])c1cccc2c(S(=O)(=O)Cl)ccnc12. The maximum Gasteiger partial charge on any atom is 0.295 e. The minimum Gasteiger partial charge on any atom is -0.258 e. The zero-order chi connectivity index (χ0) is 12.6. The summed E-state index contributed by atoms with van der Waals surface area (Å²) in [5.74, 6) is 0. The van der Waals surface area contributed by atoms with Gasteiger partial charge in [0.25, 0.3) is 14.7 Å². The second-order valence-corrected chi connectivity index (χ2v) is 5.71. The molecule has 1 aromatic heterocycles. The summed E-state index contributed by atoms with van der Waals surface area (Å²) in [5, 5.41) is 10.9. The molecule has 0 aliphatic heterocycles. The molecule has 2 rings (SSSR count). The van der Waals surface area contributed by atoms with Gasteiger partial charge in [0.1, 0.15) is 5.52 Å². The van der Waals surface area contributed by atoms with E-state index in [0.717, 1.165) is 0 Å². The number of nitro benzene ring substituents is 1. The van der Waals surface area contributed by atoms with Crippen molar-refractivity contribution in [3.05, 3.63) is 40.6 Å². The Bertz CT molecular complexity index is 714. The third-order valence-corrected chi connectivity index (χ3v) is 3.55. The van der Waals surface area contributed by atoms with Crippen LogP contribution in [-0.4, -0.2) is 18.3 Å². The molecular formula is C9H5ClN2O4S. The van der Waals surface area contributed by atoms with Crippen LogP contribution in [0.25, 0.3) is 10.9 Å². The van der Waals surface area contributed by atoms with Gasteiger partial charge in [-0.3, -0.25) is 10.1 Å². The van der Waals surface area contributed by atoms with Crippen LogP contribution >= 0.6 is 10.7 Å². The number of benzene rings is 1. The zero-order valence-electron chi connectivity index (χ0n) is 8.20. The molecule has 17 heavy (non-hydrogen) atoms. The highest BCUT2D eigenvalue weighted by atomic mass is 35.7. The van der Waals surface area contributed by atoms with Crippen molar-refractivity contribution in [3.63, 3.8) is 0 Å². The first-order chi connectivity index (χ1) is 7.91. The van der Waals surface area contributed by atoms with Gasteiger partial charge in [-0.25, -0.2) is 13.4 Å². The molecule has 88 valence electrons. The van der Waals surface area contributed by atoms with Crippen LogP contribution in [-0.2, 0) is 9.05 Å². The molecule has 0 aliphatic rings. The molecule has 0 radical (unpaired) electrons. The van der Waals surface area contributed by atoms with Crippen molar-refractivity contribution >= 4 is 36.3 Å². The molecule has 1 heterocycles. The van der Waals surface area contributed by atoms with Gasteiger partial charge in [0.2, 0.25) is 0 Å². The van der Waals surface area contributed by atoms with Crippen molar-refractivity contribution in [2.24, 2.45) is 0 Å². The van der Waals surface area contributed by atoms with E-state index in [9.17, 15) is 18.5 Å². The van der Waals surface area contributed by atoms with Gasteiger partial charge in [-0.05, 0) is 6.07 Å². The summed E-state index contributed by atoms with van der Waals surface area (Å²) in [5.41, 5.74) is -0.260.